The molecule has 0 aliphatic carbocycles. The van der Waals surface area contributed by atoms with E-state index in [2.05, 4.69) is 73.6 Å². The third-order valence-corrected chi connectivity index (χ3v) is 17.0. The minimum atomic E-state index is -4.51. The Labute approximate surface area is 600 Å². The molecule has 0 fully saturated rings. The molecular formula is C56H73Cl4N18O18PS4. The van der Waals surface area contributed by atoms with Gasteiger partial charge in [-0.1, -0.05) is 55.4 Å². The monoisotopic (exact) mass is 1580 g/mol. The Bertz CT molecular complexity index is 4260. The highest BCUT2D eigenvalue weighted by molar-refractivity contribution is 8.24. The summed E-state index contributed by atoms with van der Waals surface area (Å²) < 4.78 is 156. The van der Waals surface area contributed by atoms with Crippen LogP contribution in [0.2, 0.25) is 0 Å². The Morgan fingerprint density at radius 1 is 0.366 bits per heavy atom. The normalized spacial score (nSPS) is 11.6. The topological polar surface area (TPSA) is 611 Å². The van der Waals surface area contributed by atoms with Gasteiger partial charge in [0.1, 0.15) is 65.6 Å². The first-order chi connectivity index (χ1) is 46.5. The number of nitrogens with zero attached hydrogens (tertiary/aromatic N) is 8. The highest BCUT2D eigenvalue weighted by Gasteiger charge is 2.27. The fourth-order valence-electron chi connectivity index (χ4n) is 8.24. The molecule has 8 aromatic rings. The van der Waals surface area contributed by atoms with Crippen molar-refractivity contribution in [1.82, 2.24) is 39.9 Å². The molecule has 8 rings (SSSR count). The van der Waals surface area contributed by atoms with E-state index in [1.165, 1.54) is 83.6 Å². The number of ether oxygens (including phenoxy) is 8. The van der Waals surface area contributed by atoms with Crippen LogP contribution in [0.5, 0.6) is 69.0 Å². The number of hydrogen-bond donors (Lipinski definition) is 11. The van der Waals surface area contributed by atoms with E-state index in [0.29, 0.717) is 22.3 Å². The molecule has 0 amide bonds. The van der Waals surface area contributed by atoms with Gasteiger partial charge in [0.25, 0.3) is 19.2 Å². The quantitative estimate of drug-likeness (QED) is 0.0192. The lowest BCUT2D eigenvalue weighted by Gasteiger charge is -2.17. The molecule has 4 aromatic heterocycles. The Hall–Kier alpha value is -8.93. The van der Waals surface area contributed by atoms with Gasteiger partial charge in [-0.3, -0.25) is 9.12 Å². The maximum atomic E-state index is 11.8. The first-order valence-electron chi connectivity index (χ1n) is 28.3. The van der Waals surface area contributed by atoms with Gasteiger partial charge < -0.3 is 83.8 Å². The van der Waals surface area contributed by atoms with Gasteiger partial charge in [-0.25, -0.2) is 55.5 Å². The molecule has 0 atom stereocenters. The van der Waals surface area contributed by atoms with Crippen LogP contribution >= 0.6 is 49.6 Å². The van der Waals surface area contributed by atoms with Crippen molar-refractivity contribution >= 4 is 136 Å². The summed E-state index contributed by atoms with van der Waals surface area (Å²) in [6.45, 7) is 15.3. The number of hydrogen-bond acceptors (Lipinski definition) is 33. The van der Waals surface area contributed by atoms with Crippen LogP contribution in [-0.4, -0.2) is 107 Å². The van der Waals surface area contributed by atoms with Crippen LogP contribution in [0.25, 0.3) is 0 Å². The maximum absolute atomic E-state index is 11.8. The van der Waals surface area contributed by atoms with Crippen molar-refractivity contribution in [1.29, 1.82) is 0 Å². The van der Waals surface area contributed by atoms with E-state index >= 15 is 0 Å². The van der Waals surface area contributed by atoms with Crippen LogP contribution in [0.3, 0.4) is 0 Å². The van der Waals surface area contributed by atoms with E-state index in [4.69, 9.17) is 105 Å². The van der Waals surface area contributed by atoms with E-state index in [0.717, 1.165) is 0 Å². The molecule has 0 aliphatic rings. The third kappa shape index (κ3) is 24.7. The predicted molar refractivity (Wildman–Crippen MR) is 383 cm³/mol. The van der Waals surface area contributed by atoms with Crippen molar-refractivity contribution in [3.8, 4) is 69.0 Å². The Kier molecular flexibility index (Phi) is 29.4. The number of primary sulfonamides is 2. The lowest BCUT2D eigenvalue weighted by Crippen LogP contribution is -2.14. The number of rotatable bonds is 20. The van der Waals surface area contributed by atoms with Crippen molar-refractivity contribution in [2.24, 2.45) is 10.3 Å². The van der Waals surface area contributed by atoms with Crippen molar-refractivity contribution in [3.63, 3.8) is 0 Å². The lowest BCUT2D eigenvalue weighted by atomic mass is 10.0. The summed E-state index contributed by atoms with van der Waals surface area (Å²) in [4.78, 5) is 29.4. The summed E-state index contributed by atoms with van der Waals surface area (Å²) >= 11 is 13.8. The summed E-state index contributed by atoms with van der Waals surface area (Å²) in [5.74, 6) is 2.01. The number of methoxy groups -OCH3 is 4. The molecule has 0 unspecified atom stereocenters. The number of nitrogens with two attached hydrogens (primary N) is 10. The van der Waals surface area contributed by atoms with Gasteiger partial charge in [-0.05, 0) is 81.7 Å². The standard InChI is InChI=1S/C14H17ClN4O4S.2C14H19N5O4S.C14H18N4O5S.Cl3OP/c1-7(2)8-4-10(22-3)12(24(15,20)21)5-9(8)23-11-6-18-14(17)19-13(11)16;2*1-7(2)8-4-10(22-3)12(24(17,20)21)5-9(8)23-11-6-18-14(16)19-13(11)15;1-7(2)8-4-10(22-3)12(24(19,20)21)5-9(8)23-11-6-17-14(16)18-13(11)15;1-5(2,3)4/h4-7H,1-3H3,(H4,16,17,18,19);2*4-7H,1-3H3,(H2,17,20,21)(H4,15,16,18,19);4-7H,1-3H3,(H,19,20,21)(H4,15,16,17,18);. The Morgan fingerprint density at radius 3 is 0.743 bits per heavy atom. The van der Waals surface area contributed by atoms with Gasteiger partial charge in [0.05, 0.1) is 53.2 Å². The van der Waals surface area contributed by atoms with Crippen LogP contribution in [-0.2, 0) is 43.8 Å². The first-order valence-corrected chi connectivity index (χ1v) is 39.6. The number of sulfonamides is 2. The second kappa shape index (κ2) is 35.1. The van der Waals surface area contributed by atoms with E-state index in [1.807, 2.05) is 55.4 Å². The van der Waals surface area contributed by atoms with Crippen LogP contribution in [0, 0.1) is 0 Å². The Morgan fingerprint density at radius 2 is 0.564 bits per heavy atom. The molecular weight excluding hydrogens is 1510 g/mol. The highest BCUT2D eigenvalue weighted by atomic mass is 36.0. The molecule has 0 spiro atoms. The van der Waals surface area contributed by atoms with E-state index in [-0.39, 0.29) is 154 Å². The zero-order valence-electron chi connectivity index (χ0n) is 55.6. The smallest absolute Gasteiger partial charge is 0.339 e. The number of nitrogen functional groups attached to an aromatic ring is 8. The van der Waals surface area contributed by atoms with Crippen molar-refractivity contribution < 1.29 is 80.7 Å². The minimum absolute atomic E-state index is 0.00132. The SMILES string of the molecule is COc1cc(C(C)C)c(Oc2cnc(N)nc2N)cc1S(=O)(=O)Cl.COc1cc(C(C)C)c(Oc2cnc(N)nc2N)cc1S(=O)(=O)O.COc1cc(C(C)C)c(Oc2cnc(N)nc2N)cc1S(N)(=O)=O.COc1cc(C(C)C)c(Oc2cnc(N)nc2N)cc1S(N)(=O)=O.O=P(Cl)(Cl)Cl. The molecule has 101 heavy (non-hydrogen) atoms. The zero-order chi connectivity index (χ0) is 76.8. The van der Waals surface area contributed by atoms with Crippen LogP contribution in [0.15, 0.2) is 92.9 Å². The number of aromatic nitrogens is 8. The Balaban J connectivity index is 0.000000279. The molecule has 45 heteroatoms. The summed E-state index contributed by atoms with van der Waals surface area (Å²) in [7, 11) is -5.70. The minimum Gasteiger partial charge on any atom is -0.495 e. The van der Waals surface area contributed by atoms with E-state index < -0.39 is 49.3 Å². The summed E-state index contributed by atoms with van der Waals surface area (Å²) in [5, 5.41) is 7.26. The molecule has 0 aliphatic heterocycles. The zero-order valence-corrected chi connectivity index (χ0v) is 62.8. The molecule has 4 aromatic carbocycles. The first kappa shape index (κ1) is 84.5. The maximum Gasteiger partial charge on any atom is 0.339 e. The average molecular weight is 1590 g/mol. The molecule has 0 saturated carbocycles. The number of halogens is 4. The van der Waals surface area contributed by atoms with Crippen molar-refractivity contribution in [2.75, 3.05) is 74.3 Å². The van der Waals surface area contributed by atoms with Gasteiger partial charge in [-0.2, -0.15) is 28.4 Å². The molecule has 36 nitrogen and oxygen atoms in total. The largest absolute Gasteiger partial charge is 0.495 e. The van der Waals surface area contributed by atoms with Gasteiger partial charge in [0, 0.05) is 57.2 Å². The third-order valence-electron chi connectivity index (χ3n) is 12.9. The van der Waals surface area contributed by atoms with Crippen LogP contribution in [0.1, 0.15) is 101 Å². The molecule has 0 bridgehead atoms. The number of benzene rings is 4. The van der Waals surface area contributed by atoms with Crippen molar-refractivity contribution in [2.45, 2.75) is 98.6 Å². The molecule has 552 valence electrons. The fourth-order valence-corrected chi connectivity index (χ4v) is 11.3. The lowest BCUT2D eigenvalue weighted by molar-refractivity contribution is 0.392. The number of anilines is 8. The van der Waals surface area contributed by atoms with Gasteiger partial charge >= 0.3 is 5.20 Å². The molecule has 4 heterocycles. The summed E-state index contributed by atoms with van der Waals surface area (Å²) in [6.07, 6.45) is 5.20. The molecule has 0 saturated heterocycles. The average Bonchev–Trinajstić information content (AvgIpc) is 0.811. The second-order valence-corrected chi connectivity index (χ2v) is 35.1. The highest BCUT2D eigenvalue weighted by Crippen LogP contribution is 2.61. The fraction of sp³-hybridized carbons (Fsp3) is 0.286. The van der Waals surface area contributed by atoms with Crippen LogP contribution < -0.4 is 94.0 Å². The van der Waals surface area contributed by atoms with Gasteiger partial charge in [0.2, 0.25) is 43.8 Å². The van der Waals surface area contributed by atoms with E-state index in [9.17, 15) is 42.8 Å². The van der Waals surface area contributed by atoms with Crippen LogP contribution in [0.4, 0.5) is 47.1 Å². The van der Waals surface area contributed by atoms with Gasteiger partial charge in [-0.15, -0.1) is 0 Å². The van der Waals surface area contributed by atoms with Gasteiger partial charge in [0.15, 0.2) is 46.3 Å². The van der Waals surface area contributed by atoms with Crippen molar-refractivity contribution in [3.05, 3.63) is 95.6 Å². The molecule has 0 radical (unpaired) electrons. The second-order valence-electron chi connectivity index (χ2n) is 21.5. The molecule has 21 N–H and O–H groups in total. The van der Waals surface area contributed by atoms with E-state index in [1.54, 1.807) is 18.2 Å². The summed E-state index contributed by atoms with van der Waals surface area (Å²) in [6, 6.07) is 11.2. The predicted octanol–water partition coefficient (Wildman–Crippen LogP) is 9.54. The summed E-state index contributed by atoms with van der Waals surface area (Å²) in [5.41, 5.74) is 47.5.